The van der Waals surface area contributed by atoms with E-state index in [-0.39, 0.29) is 11.8 Å². The zero-order valence-corrected chi connectivity index (χ0v) is 14.9. The molecule has 4 rings (SSSR count). The van der Waals surface area contributed by atoms with E-state index in [0.717, 1.165) is 29.0 Å². The Balaban J connectivity index is 1.80. The van der Waals surface area contributed by atoms with Crippen LogP contribution in [0.15, 0.2) is 65.5 Å². The van der Waals surface area contributed by atoms with Crippen molar-refractivity contribution in [3.8, 4) is 5.75 Å². The van der Waals surface area contributed by atoms with Crippen LogP contribution >= 0.6 is 11.6 Å². The van der Waals surface area contributed by atoms with Gasteiger partial charge in [0.05, 0.1) is 17.5 Å². The number of hydrogen-bond donors (Lipinski definition) is 1. The monoisotopic (exact) mass is 354 g/mol. The number of aliphatic hydroxyl groups excluding tert-OH is 1. The first-order valence-electron chi connectivity index (χ1n) is 8.25. The largest absolute Gasteiger partial charge is 0.513 e. The number of halogens is 1. The van der Waals surface area contributed by atoms with Gasteiger partial charge in [0.1, 0.15) is 5.75 Å². The summed E-state index contributed by atoms with van der Waals surface area (Å²) in [6.45, 7) is 3.56. The maximum Gasteiger partial charge on any atom is 0.218 e. The molecule has 2 aliphatic heterocycles. The summed E-state index contributed by atoms with van der Waals surface area (Å²) in [6, 6.07) is 15.8. The number of nitrogens with zero attached hydrogens (tertiary/aromatic N) is 2. The summed E-state index contributed by atoms with van der Waals surface area (Å²) in [5.74, 6) is 1.03. The Labute approximate surface area is 152 Å². The van der Waals surface area contributed by atoms with E-state index in [0.29, 0.717) is 5.02 Å². The van der Waals surface area contributed by atoms with Crippen LogP contribution in [0.2, 0.25) is 5.02 Å². The predicted molar refractivity (Wildman–Crippen MR) is 99.0 cm³/mol. The molecule has 2 heterocycles. The molecule has 2 aliphatic rings. The van der Waals surface area contributed by atoms with Gasteiger partial charge in [-0.15, -0.1) is 0 Å². The summed E-state index contributed by atoms with van der Waals surface area (Å²) in [7, 11) is 0. The quantitative estimate of drug-likeness (QED) is 0.766. The van der Waals surface area contributed by atoms with E-state index in [9.17, 15) is 5.11 Å². The molecule has 0 spiro atoms. The van der Waals surface area contributed by atoms with Gasteiger partial charge in [-0.05, 0) is 30.7 Å². The number of ether oxygens (including phenoxy) is 1. The zero-order chi connectivity index (χ0) is 17.6. The van der Waals surface area contributed by atoms with Crippen molar-refractivity contribution in [2.24, 2.45) is 5.10 Å². The average molecular weight is 355 g/mol. The lowest BCUT2D eigenvalue weighted by molar-refractivity contribution is -0.0697. The van der Waals surface area contributed by atoms with Crippen LogP contribution in [0.1, 0.15) is 37.4 Å². The average Bonchev–Trinajstić information content (AvgIpc) is 3.01. The molecule has 0 aromatic heterocycles. The smallest absolute Gasteiger partial charge is 0.218 e. The summed E-state index contributed by atoms with van der Waals surface area (Å²) in [4.78, 5) is 0. The molecule has 2 aromatic rings. The Hall–Kier alpha value is -2.46. The first kappa shape index (κ1) is 16.0. The first-order chi connectivity index (χ1) is 12.0. The van der Waals surface area contributed by atoms with Crippen LogP contribution in [-0.4, -0.2) is 21.6 Å². The van der Waals surface area contributed by atoms with Gasteiger partial charge >= 0.3 is 0 Å². The van der Waals surface area contributed by atoms with Gasteiger partial charge in [0.15, 0.2) is 0 Å². The fraction of sp³-hybridized carbons (Fsp3) is 0.250. The molecule has 0 bridgehead atoms. The molecule has 0 aliphatic carbocycles. The molecule has 0 unspecified atom stereocenters. The second-order valence-electron chi connectivity index (χ2n) is 6.60. The SMILES string of the molecule is C/C(O)=C\[C@]1(C)Oc2ccccc2[C@H]2CC(c3ccc(Cl)cc3)=NN21. The van der Waals surface area contributed by atoms with E-state index in [4.69, 9.17) is 21.4 Å². The van der Waals surface area contributed by atoms with Gasteiger partial charge < -0.3 is 9.84 Å². The van der Waals surface area contributed by atoms with Crippen molar-refractivity contribution < 1.29 is 9.84 Å². The van der Waals surface area contributed by atoms with Gasteiger partial charge in [0, 0.05) is 30.0 Å². The molecular formula is C20H19ClN2O2. The van der Waals surface area contributed by atoms with E-state index in [1.54, 1.807) is 13.0 Å². The van der Waals surface area contributed by atoms with Crippen LogP contribution in [0, 0.1) is 0 Å². The van der Waals surface area contributed by atoms with Crippen LogP contribution in [0.5, 0.6) is 5.75 Å². The highest BCUT2D eigenvalue weighted by Gasteiger charge is 2.46. The zero-order valence-electron chi connectivity index (χ0n) is 14.1. The Morgan fingerprint density at radius 3 is 2.72 bits per heavy atom. The van der Waals surface area contributed by atoms with Crippen LogP contribution in [0.25, 0.3) is 0 Å². The van der Waals surface area contributed by atoms with Gasteiger partial charge in [0.25, 0.3) is 0 Å². The molecule has 128 valence electrons. The molecule has 25 heavy (non-hydrogen) atoms. The summed E-state index contributed by atoms with van der Waals surface area (Å²) in [6.07, 6.45) is 2.47. The number of rotatable bonds is 2. The lowest BCUT2D eigenvalue weighted by Crippen LogP contribution is -2.50. The maximum absolute atomic E-state index is 9.84. The van der Waals surface area contributed by atoms with Crippen molar-refractivity contribution in [2.45, 2.75) is 32.0 Å². The van der Waals surface area contributed by atoms with Crippen LogP contribution in [0.3, 0.4) is 0 Å². The summed E-state index contributed by atoms with van der Waals surface area (Å²) in [5.41, 5.74) is 2.30. The van der Waals surface area contributed by atoms with Gasteiger partial charge in [-0.2, -0.15) is 5.10 Å². The van der Waals surface area contributed by atoms with Gasteiger partial charge in [-0.25, -0.2) is 5.01 Å². The highest BCUT2D eigenvalue weighted by molar-refractivity contribution is 6.30. The molecule has 5 heteroatoms. The Morgan fingerprint density at radius 1 is 1.28 bits per heavy atom. The van der Waals surface area contributed by atoms with E-state index >= 15 is 0 Å². The second-order valence-corrected chi connectivity index (χ2v) is 7.03. The fourth-order valence-corrected chi connectivity index (χ4v) is 3.71. The first-order valence-corrected chi connectivity index (χ1v) is 8.63. The van der Waals surface area contributed by atoms with Crippen LogP contribution in [0.4, 0.5) is 0 Å². The Morgan fingerprint density at radius 2 is 2.00 bits per heavy atom. The highest BCUT2D eigenvalue weighted by atomic mass is 35.5. The topological polar surface area (TPSA) is 45.1 Å². The number of aliphatic hydroxyl groups is 1. The normalized spacial score (nSPS) is 25.1. The third kappa shape index (κ3) is 2.76. The number of hydrogen-bond acceptors (Lipinski definition) is 4. The minimum absolute atomic E-state index is 0.0660. The Bertz CT molecular complexity index is 872. The molecule has 0 amide bonds. The predicted octanol–water partition coefficient (Wildman–Crippen LogP) is 5.06. The van der Waals surface area contributed by atoms with Crippen molar-refractivity contribution in [2.75, 3.05) is 0 Å². The van der Waals surface area contributed by atoms with E-state index in [1.165, 1.54) is 0 Å². The fourth-order valence-electron chi connectivity index (χ4n) is 3.58. The molecule has 4 nitrogen and oxygen atoms in total. The maximum atomic E-state index is 9.84. The standard InChI is InChI=1S/C20H19ClN2O2/c1-13(24)12-20(2)23-18(16-5-3-4-6-19(16)25-20)11-17(22-23)14-7-9-15(21)10-8-14/h3-10,12,18,24H,11H2,1-2H3/b13-12+/t18-,20+/m1/s1. The van der Waals surface area contributed by atoms with E-state index in [1.807, 2.05) is 54.4 Å². The molecule has 0 fully saturated rings. The van der Waals surface area contributed by atoms with E-state index < -0.39 is 5.72 Å². The summed E-state index contributed by atoms with van der Waals surface area (Å²) < 4.78 is 6.21. The number of fused-ring (bicyclic) bond motifs is 3. The third-order valence-corrected chi connectivity index (χ3v) is 4.87. The van der Waals surface area contributed by atoms with Crippen molar-refractivity contribution in [1.82, 2.24) is 5.01 Å². The van der Waals surface area contributed by atoms with Crippen molar-refractivity contribution in [1.29, 1.82) is 0 Å². The van der Waals surface area contributed by atoms with Crippen LogP contribution in [-0.2, 0) is 0 Å². The lowest BCUT2D eigenvalue weighted by atomic mass is 9.95. The lowest BCUT2D eigenvalue weighted by Gasteiger charge is -2.44. The summed E-state index contributed by atoms with van der Waals surface area (Å²) in [5, 5.41) is 17.3. The Kier molecular flexibility index (Phi) is 3.73. The molecule has 1 N–H and O–H groups in total. The van der Waals surface area contributed by atoms with Crippen molar-refractivity contribution in [3.63, 3.8) is 0 Å². The van der Waals surface area contributed by atoms with Crippen LogP contribution < -0.4 is 4.74 Å². The number of hydrazone groups is 1. The molecule has 0 radical (unpaired) electrons. The third-order valence-electron chi connectivity index (χ3n) is 4.61. The minimum Gasteiger partial charge on any atom is -0.513 e. The molecule has 0 saturated heterocycles. The number of allylic oxidation sites excluding steroid dienone is 1. The van der Waals surface area contributed by atoms with Gasteiger partial charge in [-0.3, -0.25) is 0 Å². The molecular weight excluding hydrogens is 336 g/mol. The number of para-hydroxylation sites is 1. The second kappa shape index (κ2) is 5.81. The number of benzene rings is 2. The molecule has 0 saturated carbocycles. The highest BCUT2D eigenvalue weighted by Crippen LogP contribution is 2.47. The van der Waals surface area contributed by atoms with E-state index in [2.05, 4.69) is 6.07 Å². The van der Waals surface area contributed by atoms with Crippen molar-refractivity contribution in [3.05, 3.63) is 76.5 Å². The molecule has 2 aromatic carbocycles. The summed E-state index contributed by atoms with van der Waals surface area (Å²) >= 11 is 6.00. The van der Waals surface area contributed by atoms with Crippen molar-refractivity contribution >= 4 is 17.3 Å². The van der Waals surface area contributed by atoms with Gasteiger partial charge in [-0.1, -0.05) is 41.9 Å². The molecule has 2 atom stereocenters. The minimum atomic E-state index is -0.841. The van der Waals surface area contributed by atoms with Gasteiger partial charge in [0.2, 0.25) is 5.72 Å².